The summed E-state index contributed by atoms with van der Waals surface area (Å²) in [7, 11) is 0. The maximum absolute atomic E-state index is 3.88. The number of benzene rings is 1. The van der Waals surface area contributed by atoms with Crippen molar-refractivity contribution in [3.05, 3.63) is 53.5 Å². The Hall–Kier alpha value is -1.04. The second-order valence-corrected chi connectivity index (χ2v) is 6.65. The molecule has 0 aliphatic carbocycles. The van der Waals surface area contributed by atoms with Crippen molar-refractivity contribution in [1.82, 2.24) is 0 Å². The summed E-state index contributed by atoms with van der Waals surface area (Å²) < 4.78 is 0. The van der Waals surface area contributed by atoms with Gasteiger partial charge in [-0.15, -0.1) is 6.58 Å². The summed E-state index contributed by atoms with van der Waals surface area (Å²) in [6, 6.07) is 6.98. The minimum atomic E-state index is 0.198. The van der Waals surface area contributed by atoms with Gasteiger partial charge < -0.3 is 0 Å². The molecule has 0 fully saturated rings. The Morgan fingerprint density at radius 1 is 1.22 bits per heavy atom. The van der Waals surface area contributed by atoms with E-state index >= 15 is 0 Å². The topological polar surface area (TPSA) is 0 Å². The van der Waals surface area contributed by atoms with E-state index in [2.05, 4.69) is 66.3 Å². The molecule has 0 amide bonds. The minimum Gasteiger partial charge on any atom is -0.102 e. The zero-order valence-electron chi connectivity index (χ0n) is 12.8. The second-order valence-electron chi connectivity index (χ2n) is 6.65. The van der Waals surface area contributed by atoms with E-state index in [0.29, 0.717) is 5.92 Å². The maximum Gasteiger partial charge on any atom is 0.0230 e. The minimum absolute atomic E-state index is 0.198. The Balaban J connectivity index is 3.24. The van der Waals surface area contributed by atoms with E-state index in [0.717, 1.165) is 6.42 Å². The molecule has 1 aromatic carbocycles. The van der Waals surface area contributed by atoms with Crippen molar-refractivity contribution < 1.29 is 0 Å². The molecule has 1 radical (unpaired) electrons. The summed E-state index contributed by atoms with van der Waals surface area (Å²) in [4.78, 5) is 0. The lowest BCUT2D eigenvalue weighted by atomic mass is 9.82. The molecule has 0 aromatic heterocycles. The molecule has 1 rings (SSSR count). The van der Waals surface area contributed by atoms with Crippen LogP contribution in [0.1, 0.15) is 58.2 Å². The fourth-order valence-electron chi connectivity index (χ4n) is 2.06. The maximum atomic E-state index is 3.88. The van der Waals surface area contributed by atoms with Crippen LogP contribution in [-0.4, -0.2) is 0 Å². The Morgan fingerprint density at radius 3 is 2.28 bits per heavy atom. The van der Waals surface area contributed by atoms with E-state index in [1.165, 1.54) is 22.6 Å². The highest BCUT2D eigenvalue weighted by atomic mass is 14.2. The predicted octanol–water partition coefficient (Wildman–Crippen LogP) is 5.31. The van der Waals surface area contributed by atoms with Crippen LogP contribution in [0.2, 0.25) is 0 Å². The highest BCUT2D eigenvalue weighted by Gasteiger charge is 2.16. The lowest BCUT2D eigenvalue weighted by Gasteiger charge is -2.23. The SMILES string of the molecule is C=C[C](C)c1cc(CC(C)C)cc(C(C)(C)C)c1. The van der Waals surface area contributed by atoms with Gasteiger partial charge in [-0.1, -0.05) is 65.8 Å². The van der Waals surface area contributed by atoms with Crippen molar-refractivity contribution in [3.63, 3.8) is 0 Å². The number of rotatable bonds is 4. The van der Waals surface area contributed by atoms with Gasteiger partial charge >= 0.3 is 0 Å². The van der Waals surface area contributed by atoms with Gasteiger partial charge in [0.15, 0.2) is 0 Å². The third-order valence-corrected chi connectivity index (χ3v) is 3.26. The first-order valence-electron chi connectivity index (χ1n) is 6.85. The van der Waals surface area contributed by atoms with Crippen LogP contribution < -0.4 is 0 Å². The first-order chi connectivity index (χ1) is 8.24. The molecule has 0 heterocycles. The van der Waals surface area contributed by atoms with Crippen molar-refractivity contribution >= 4 is 0 Å². The Bertz CT molecular complexity index is 405. The average molecular weight is 243 g/mol. The third-order valence-electron chi connectivity index (χ3n) is 3.26. The molecule has 0 bridgehead atoms. The Morgan fingerprint density at radius 2 is 1.83 bits per heavy atom. The van der Waals surface area contributed by atoms with E-state index in [4.69, 9.17) is 0 Å². The second kappa shape index (κ2) is 5.73. The molecule has 1 aromatic rings. The van der Waals surface area contributed by atoms with Gasteiger partial charge in [0, 0.05) is 5.92 Å². The molecule has 0 unspecified atom stereocenters. The Labute approximate surface area is 113 Å². The van der Waals surface area contributed by atoms with Crippen molar-refractivity contribution in [2.45, 2.75) is 53.4 Å². The lowest BCUT2D eigenvalue weighted by molar-refractivity contribution is 0.585. The van der Waals surface area contributed by atoms with Crippen LogP contribution in [0.5, 0.6) is 0 Å². The molecular weight excluding hydrogens is 216 g/mol. The molecular formula is C18H27. The van der Waals surface area contributed by atoms with E-state index in [-0.39, 0.29) is 5.41 Å². The zero-order chi connectivity index (χ0) is 13.9. The van der Waals surface area contributed by atoms with Crippen LogP contribution in [0.15, 0.2) is 30.9 Å². The van der Waals surface area contributed by atoms with Crippen molar-refractivity contribution in [2.24, 2.45) is 5.92 Å². The van der Waals surface area contributed by atoms with Gasteiger partial charge in [-0.3, -0.25) is 0 Å². The van der Waals surface area contributed by atoms with Gasteiger partial charge in [0.1, 0.15) is 0 Å². The van der Waals surface area contributed by atoms with Gasteiger partial charge in [0.25, 0.3) is 0 Å². The molecule has 0 atom stereocenters. The summed E-state index contributed by atoms with van der Waals surface area (Å²) in [6.45, 7) is 17.4. The van der Waals surface area contributed by atoms with Gasteiger partial charge in [0.2, 0.25) is 0 Å². The van der Waals surface area contributed by atoms with Crippen LogP contribution in [0, 0.1) is 11.8 Å². The molecule has 99 valence electrons. The van der Waals surface area contributed by atoms with Gasteiger partial charge in [-0.2, -0.15) is 0 Å². The first-order valence-corrected chi connectivity index (χ1v) is 6.85. The summed E-state index contributed by atoms with van der Waals surface area (Å²) in [5.74, 6) is 1.95. The quantitative estimate of drug-likeness (QED) is 0.672. The molecule has 0 heteroatoms. The molecule has 0 saturated carbocycles. The van der Waals surface area contributed by atoms with E-state index < -0.39 is 0 Å². The third kappa shape index (κ3) is 4.01. The summed E-state index contributed by atoms with van der Waals surface area (Å²) in [6.07, 6.45) is 3.09. The van der Waals surface area contributed by atoms with Gasteiger partial charge in [-0.25, -0.2) is 0 Å². The van der Waals surface area contributed by atoms with Crippen LogP contribution in [0.4, 0.5) is 0 Å². The Kier molecular flexibility index (Phi) is 4.78. The first kappa shape index (κ1) is 15.0. The molecule has 0 aliphatic rings. The summed E-state index contributed by atoms with van der Waals surface area (Å²) in [5.41, 5.74) is 4.36. The number of hydrogen-bond acceptors (Lipinski definition) is 0. The van der Waals surface area contributed by atoms with Crippen LogP contribution in [-0.2, 0) is 11.8 Å². The van der Waals surface area contributed by atoms with E-state index in [1.54, 1.807) is 0 Å². The number of hydrogen-bond donors (Lipinski definition) is 0. The predicted molar refractivity (Wildman–Crippen MR) is 81.9 cm³/mol. The largest absolute Gasteiger partial charge is 0.102 e. The zero-order valence-corrected chi connectivity index (χ0v) is 12.8. The van der Waals surface area contributed by atoms with Crippen molar-refractivity contribution in [3.8, 4) is 0 Å². The summed E-state index contributed by atoms with van der Waals surface area (Å²) in [5, 5.41) is 0. The van der Waals surface area contributed by atoms with Crippen LogP contribution in [0.25, 0.3) is 0 Å². The molecule has 0 spiro atoms. The van der Waals surface area contributed by atoms with Crippen LogP contribution in [0.3, 0.4) is 0 Å². The number of allylic oxidation sites excluding steroid dienone is 1. The molecule has 0 N–H and O–H groups in total. The fraction of sp³-hybridized carbons (Fsp3) is 0.500. The smallest absolute Gasteiger partial charge is 0.0230 e. The van der Waals surface area contributed by atoms with E-state index in [9.17, 15) is 0 Å². The highest BCUT2D eigenvalue weighted by Crippen LogP contribution is 2.28. The molecule has 18 heavy (non-hydrogen) atoms. The monoisotopic (exact) mass is 243 g/mol. The molecule has 0 nitrogen and oxygen atoms in total. The molecule has 0 aliphatic heterocycles. The fourth-order valence-corrected chi connectivity index (χ4v) is 2.06. The van der Waals surface area contributed by atoms with Crippen molar-refractivity contribution in [1.29, 1.82) is 0 Å². The molecule has 0 saturated heterocycles. The van der Waals surface area contributed by atoms with E-state index in [1.807, 2.05) is 6.08 Å². The summed E-state index contributed by atoms with van der Waals surface area (Å²) >= 11 is 0. The normalized spacial score (nSPS) is 12.2. The lowest BCUT2D eigenvalue weighted by Crippen LogP contribution is -2.13. The highest BCUT2D eigenvalue weighted by molar-refractivity contribution is 5.43. The van der Waals surface area contributed by atoms with Gasteiger partial charge in [-0.05, 0) is 34.4 Å². The van der Waals surface area contributed by atoms with Gasteiger partial charge in [0.05, 0.1) is 0 Å². The van der Waals surface area contributed by atoms with Crippen LogP contribution >= 0.6 is 0 Å². The van der Waals surface area contributed by atoms with Crippen molar-refractivity contribution in [2.75, 3.05) is 0 Å². The standard InChI is InChI=1S/C18H27/c1-8-14(4)16-10-15(9-13(2)3)11-17(12-16)18(5,6)7/h8,10-13H,1,9H2,2-7H3. The average Bonchev–Trinajstić information content (AvgIpc) is 2.25.